The summed E-state index contributed by atoms with van der Waals surface area (Å²) in [7, 11) is 0. The van der Waals surface area contributed by atoms with Crippen molar-refractivity contribution in [3.05, 3.63) is 0 Å². The third-order valence-electron chi connectivity index (χ3n) is 17.8. The number of ether oxygens (including phenoxy) is 15. The van der Waals surface area contributed by atoms with Crippen molar-refractivity contribution in [3.63, 3.8) is 0 Å². The maximum Gasteiger partial charge on any atom is 0.217 e. The van der Waals surface area contributed by atoms with E-state index in [1.165, 1.54) is 6.92 Å². The highest BCUT2D eigenvalue weighted by Gasteiger charge is 2.60. The second-order valence-corrected chi connectivity index (χ2v) is 24.6. The lowest BCUT2D eigenvalue weighted by Gasteiger charge is -2.51. The molecule has 40 atom stereocenters. The third kappa shape index (κ3) is 17.4. The maximum absolute atomic E-state index is 13.0. The molecule has 0 bridgehead atoms. The normalized spacial score (nSPS) is 49.9. The molecule has 0 radical (unpaired) electrons. The summed E-state index contributed by atoms with van der Waals surface area (Å²) in [6.07, 6.45) is -73.7. The molecule has 0 aliphatic carbocycles. The quantitative estimate of drug-likeness (QED) is 0.0427. The van der Waals surface area contributed by atoms with Crippen molar-refractivity contribution in [1.82, 2.24) is 16.0 Å². The molecular weight excluding hydrogens is 1330 g/mol. The summed E-state index contributed by atoms with van der Waals surface area (Å²) in [5.41, 5.74) is 0. The molecule has 562 valence electrons. The Labute approximate surface area is 549 Å². The van der Waals surface area contributed by atoms with Crippen LogP contribution in [0, 0.1) is 0 Å². The fourth-order valence-corrected chi connectivity index (χ4v) is 12.5. The molecule has 0 aromatic heterocycles. The zero-order valence-corrected chi connectivity index (χ0v) is 52.2. The summed E-state index contributed by atoms with van der Waals surface area (Å²) in [6.45, 7) is -3.06. The first-order valence-corrected chi connectivity index (χ1v) is 31.0. The summed E-state index contributed by atoms with van der Waals surface area (Å²) in [5, 5.41) is 249. The van der Waals surface area contributed by atoms with Crippen molar-refractivity contribution < 1.29 is 198 Å². The Hall–Kier alpha value is -3.07. The first-order chi connectivity index (χ1) is 45.8. The molecule has 43 heteroatoms. The van der Waals surface area contributed by atoms with Crippen molar-refractivity contribution in [3.8, 4) is 0 Å². The number of hydrogen-bond donors (Lipinski definition) is 25. The van der Waals surface area contributed by atoms with Crippen molar-refractivity contribution in [2.45, 2.75) is 273 Å². The van der Waals surface area contributed by atoms with Crippen molar-refractivity contribution in [2.24, 2.45) is 0 Å². The Bertz CT molecular complexity index is 2490. The molecule has 0 unspecified atom stereocenters. The van der Waals surface area contributed by atoms with Crippen molar-refractivity contribution >= 4 is 17.7 Å². The molecule has 8 heterocycles. The minimum Gasteiger partial charge on any atom is -0.394 e. The molecule has 43 nitrogen and oxygen atoms in total. The molecular formula is C54H91N3O40. The molecule has 8 saturated heterocycles. The van der Waals surface area contributed by atoms with Gasteiger partial charge in [0.15, 0.2) is 50.3 Å². The van der Waals surface area contributed by atoms with Crippen LogP contribution in [0.1, 0.15) is 27.7 Å². The summed E-state index contributed by atoms with van der Waals surface area (Å²) >= 11 is 0. The molecule has 8 fully saturated rings. The Morgan fingerprint density at radius 2 is 0.608 bits per heavy atom. The van der Waals surface area contributed by atoms with Crippen LogP contribution in [0.15, 0.2) is 0 Å². The van der Waals surface area contributed by atoms with Gasteiger partial charge in [-0.3, -0.25) is 14.4 Å². The van der Waals surface area contributed by atoms with Crippen LogP contribution >= 0.6 is 0 Å². The average Bonchev–Trinajstić information content (AvgIpc) is 0.771. The van der Waals surface area contributed by atoms with Crippen LogP contribution in [0.2, 0.25) is 0 Å². The predicted molar refractivity (Wildman–Crippen MR) is 298 cm³/mol. The fourth-order valence-electron chi connectivity index (χ4n) is 12.5. The maximum atomic E-state index is 13.0. The highest BCUT2D eigenvalue weighted by Crippen LogP contribution is 2.39. The Kier molecular flexibility index (Phi) is 28.3. The van der Waals surface area contributed by atoms with E-state index in [4.69, 9.17) is 71.1 Å². The SMILES string of the molecule is CC(=O)N[C@@H]1[C@@H](O)[C@H](O[C@@H]2O[C@H](CO)[C@@H](O[C@@H]3O[C@H](CO[C@H]4O[C@H](CO)[C@@H](O)[C@H](O)[C@@H]4O)[C@@H](O)[C@H](O[C@H]4O[C@H](CO)[C@@H](O)[C@H](O)[C@@H]4O[C@@H]4O[C@H](CO)[C@@H](O[C@@H]5O[C@H](CO)[C@H](O)[C@H](O)[C@H]5O[C@@H]5O[C@@H](C)[C@@H](O)[C@@H](O)[C@@H]5O)[C@H](O)[C@H]4NC(C)=O)[C@@H]3O)[C@H](O)[C@H]2NC(C)=O)[C@@H](CO)O[C@H]1O. The molecule has 25 N–H and O–H groups in total. The van der Waals surface area contributed by atoms with Crippen LogP contribution in [-0.4, -0.2) is 422 Å². The molecule has 0 saturated carbocycles. The minimum atomic E-state index is -2.46. The van der Waals surface area contributed by atoms with Gasteiger partial charge in [0, 0.05) is 20.8 Å². The molecule has 3 amide bonds. The van der Waals surface area contributed by atoms with Gasteiger partial charge in [0.05, 0.1) is 52.4 Å². The first-order valence-electron chi connectivity index (χ1n) is 31.0. The van der Waals surface area contributed by atoms with Gasteiger partial charge in [-0.2, -0.15) is 0 Å². The van der Waals surface area contributed by atoms with Gasteiger partial charge in [0.2, 0.25) is 17.7 Å². The summed E-state index contributed by atoms with van der Waals surface area (Å²) in [6, 6.07) is -5.39. The molecule has 0 spiro atoms. The van der Waals surface area contributed by atoms with E-state index in [9.17, 15) is 127 Å². The molecule has 0 aromatic carbocycles. The Morgan fingerprint density at radius 3 is 1.06 bits per heavy atom. The van der Waals surface area contributed by atoms with Crippen LogP contribution in [-0.2, 0) is 85.4 Å². The van der Waals surface area contributed by atoms with E-state index >= 15 is 0 Å². The standard InChI is InChI=1S/C54H91N3O40/c1-12-26(67)34(75)39(80)51(84-12)97-46-37(78)29(70)17(6-59)87-53(46)94-43-21(10-63)90-49(25(33(43)74)57-15(4)66)96-45-36(77)28(69)18(7-60)88-54(45)95-44-30(71)22(11-83-50-38(79)35(76)27(68)16(5-58)86-50)91-52(40(44)81)93-42-20(9-62)89-48(24(32(42)73)56-14(3)65)92-41-19(8-61)85-47(82)23(31(41)72)55-13(2)64/h12,16-54,58-63,67-82H,5-11H2,1-4H3,(H,55,64)(H,56,65)(H,57,66)/t12-,16+,17+,18+,19+,20+,21+,22+,23+,24+,25+,26+,27+,28+,29-,30+,31+,32+,33+,34+,35-,36-,37-,38-,39-,40-,41+,42+,43+,44-,45-,46+,47+,48-,49-,50-,51-,52-,53-,54+/m0/s1. The Balaban J connectivity index is 1.09. The van der Waals surface area contributed by atoms with Gasteiger partial charge < -0.3 is 199 Å². The smallest absolute Gasteiger partial charge is 0.217 e. The molecule has 97 heavy (non-hydrogen) atoms. The van der Waals surface area contributed by atoms with E-state index in [1.807, 2.05) is 0 Å². The fraction of sp³-hybridized carbons (Fsp3) is 0.944. The van der Waals surface area contributed by atoms with E-state index in [1.54, 1.807) is 0 Å². The largest absolute Gasteiger partial charge is 0.394 e. The highest BCUT2D eigenvalue weighted by atomic mass is 16.8. The number of aliphatic hydroxyl groups excluding tert-OH is 22. The summed E-state index contributed by atoms with van der Waals surface area (Å²) < 4.78 is 87.9. The lowest BCUT2D eigenvalue weighted by molar-refractivity contribution is -0.400. The van der Waals surface area contributed by atoms with E-state index in [0.717, 1.165) is 20.8 Å². The molecule has 8 aliphatic rings. The van der Waals surface area contributed by atoms with E-state index in [2.05, 4.69) is 16.0 Å². The van der Waals surface area contributed by atoms with Gasteiger partial charge in [-0.1, -0.05) is 0 Å². The second kappa shape index (κ2) is 34.5. The summed E-state index contributed by atoms with van der Waals surface area (Å²) in [4.78, 5) is 37.8. The predicted octanol–water partition coefficient (Wildman–Crippen LogP) is -17.0. The number of rotatable bonds is 24. The lowest BCUT2D eigenvalue weighted by Crippen LogP contribution is -2.71. The van der Waals surface area contributed by atoms with Gasteiger partial charge in [-0.05, 0) is 6.92 Å². The van der Waals surface area contributed by atoms with Gasteiger partial charge in [-0.25, -0.2) is 0 Å². The van der Waals surface area contributed by atoms with E-state index in [0.29, 0.717) is 0 Å². The summed E-state index contributed by atoms with van der Waals surface area (Å²) in [5.74, 6) is -2.59. The number of nitrogens with one attached hydrogen (secondary N) is 3. The van der Waals surface area contributed by atoms with E-state index in [-0.39, 0.29) is 0 Å². The van der Waals surface area contributed by atoms with Gasteiger partial charge >= 0.3 is 0 Å². The average molecular weight is 1420 g/mol. The molecule has 0 aromatic rings. The third-order valence-corrected chi connectivity index (χ3v) is 17.8. The van der Waals surface area contributed by atoms with Crippen LogP contribution in [0.4, 0.5) is 0 Å². The number of hydrogen-bond acceptors (Lipinski definition) is 40. The van der Waals surface area contributed by atoms with Crippen LogP contribution < -0.4 is 16.0 Å². The van der Waals surface area contributed by atoms with E-state index < -0.39 is 309 Å². The van der Waals surface area contributed by atoms with Crippen LogP contribution in [0.5, 0.6) is 0 Å². The number of carbonyl (C=O) groups excluding carboxylic acids is 3. The van der Waals surface area contributed by atoms with Crippen LogP contribution in [0.3, 0.4) is 0 Å². The van der Waals surface area contributed by atoms with Crippen LogP contribution in [0.25, 0.3) is 0 Å². The highest BCUT2D eigenvalue weighted by molar-refractivity contribution is 5.74. The monoisotopic (exact) mass is 1420 g/mol. The molecule has 8 rings (SSSR count). The van der Waals surface area contributed by atoms with Crippen molar-refractivity contribution in [1.29, 1.82) is 0 Å². The zero-order valence-electron chi connectivity index (χ0n) is 52.2. The van der Waals surface area contributed by atoms with Gasteiger partial charge in [0.1, 0.15) is 189 Å². The second-order valence-electron chi connectivity index (χ2n) is 24.6. The molecule has 8 aliphatic heterocycles. The van der Waals surface area contributed by atoms with Gasteiger partial charge in [-0.15, -0.1) is 0 Å². The zero-order chi connectivity index (χ0) is 71.5. The van der Waals surface area contributed by atoms with Gasteiger partial charge in [0.25, 0.3) is 0 Å². The Morgan fingerprint density at radius 1 is 0.289 bits per heavy atom. The number of aliphatic hydroxyl groups is 22. The van der Waals surface area contributed by atoms with Crippen molar-refractivity contribution in [2.75, 3.05) is 46.2 Å². The minimum absolute atomic E-state index is 0.754. The number of amides is 3. The lowest BCUT2D eigenvalue weighted by atomic mass is 9.93. The first kappa shape index (κ1) is 79.6. The topological polar surface area (TPSA) is 671 Å². The number of carbonyl (C=O) groups is 3.